The molecule has 2 aromatic rings. The third kappa shape index (κ3) is 10.4. The van der Waals surface area contributed by atoms with Crippen LogP contribution in [0.3, 0.4) is 0 Å². The van der Waals surface area contributed by atoms with Crippen molar-refractivity contribution in [2.24, 2.45) is 0 Å². The van der Waals surface area contributed by atoms with Gasteiger partial charge in [0.05, 0.1) is 58.2 Å². The molecule has 2 aliphatic rings. The van der Waals surface area contributed by atoms with Gasteiger partial charge in [-0.2, -0.15) is 0 Å². The van der Waals surface area contributed by atoms with Crippen LogP contribution in [0.15, 0.2) is 0 Å². The molecule has 33 heavy (non-hydrogen) atoms. The van der Waals surface area contributed by atoms with Gasteiger partial charge in [0, 0.05) is 26.4 Å². The van der Waals surface area contributed by atoms with Gasteiger partial charge in [0.25, 0.3) is 0 Å². The van der Waals surface area contributed by atoms with Gasteiger partial charge < -0.3 is 9.47 Å². The minimum atomic E-state index is -2.17. The van der Waals surface area contributed by atoms with E-state index in [1.807, 2.05) is 0 Å². The van der Waals surface area contributed by atoms with Crippen LogP contribution in [0.5, 0.6) is 0 Å². The van der Waals surface area contributed by atoms with Gasteiger partial charge in [-0.3, -0.25) is 17.6 Å². The minimum absolute atomic E-state index is 0. The molecule has 13 heteroatoms. The van der Waals surface area contributed by atoms with Crippen LogP contribution in [0, 0.1) is 70.3 Å². The summed E-state index contributed by atoms with van der Waals surface area (Å²) in [6.07, 6.45) is 5.11. The zero-order valence-electron chi connectivity index (χ0n) is 16.6. The molecule has 2 nitrogen and oxygen atoms in total. The van der Waals surface area contributed by atoms with E-state index in [1.165, 1.54) is 25.7 Å². The second-order valence-electron chi connectivity index (χ2n) is 6.03. The Morgan fingerprint density at radius 1 is 0.394 bits per heavy atom. The minimum Gasteiger partial charge on any atom is -0.381 e. The average Bonchev–Trinajstić information content (AvgIpc) is 3.53. The number of ether oxygens (including phenoxy) is 2. The normalized spacial score (nSPS) is 14.1. The Bertz CT molecular complexity index is 736. The molecule has 0 aliphatic carbocycles. The molecule has 0 saturated carbocycles. The summed E-state index contributed by atoms with van der Waals surface area (Å²) in [6, 6.07) is 2.05. The first-order valence-electron chi connectivity index (χ1n) is 9.04. The van der Waals surface area contributed by atoms with Crippen LogP contribution < -0.4 is 0 Å². The summed E-state index contributed by atoms with van der Waals surface area (Å²) in [4.78, 5) is 0. The summed E-state index contributed by atoms with van der Waals surface area (Å²) in [6.45, 7) is 4.00. The molecule has 2 fully saturated rings. The van der Waals surface area contributed by atoms with Gasteiger partial charge in [-0.1, -0.05) is 0 Å². The van der Waals surface area contributed by atoms with Crippen molar-refractivity contribution in [1.82, 2.24) is 0 Å². The first-order valence-corrected chi connectivity index (χ1v) is 9.04. The van der Waals surface area contributed by atoms with Gasteiger partial charge in [-0.05, 0) is 25.7 Å². The molecule has 188 valence electrons. The van der Waals surface area contributed by atoms with Gasteiger partial charge in [0.15, 0.2) is 0 Å². The molecule has 0 aromatic heterocycles. The molecule has 0 N–H and O–H groups in total. The van der Waals surface area contributed by atoms with E-state index < -0.39 is 58.2 Å². The fraction of sp³-hybridized carbons (Fsp3) is 0.400. The monoisotopic (exact) mass is 584 g/mol. The summed E-state index contributed by atoms with van der Waals surface area (Å²) in [7, 11) is 0. The van der Waals surface area contributed by atoms with Crippen molar-refractivity contribution in [1.29, 1.82) is 0 Å². The maximum Gasteiger partial charge on any atom is 2.00 e. The van der Waals surface area contributed by atoms with Crippen molar-refractivity contribution >= 4 is 0 Å². The van der Waals surface area contributed by atoms with Gasteiger partial charge in [0.2, 0.25) is 0 Å². The Kier molecular flexibility index (Phi) is 15.2. The fourth-order valence-corrected chi connectivity index (χ4v) is 2.01. The predicted molar refractivity (Wildman–Crippen MR) is 90.2 cm³/mol. The molecular formula is C20H16F10O2Pd. The maximum atomic E-state index is 12.0. The molecule has 0 radical (unpaired) electrons. The number of halogens is 10. The second kappa shape index (κ2) is 16.0. The first kappa shape index (κ1) is 31.3. The molecule has 0 spiro atoms. The Morgan fingerprint density at radius 2 is 0.606 bits per heavy atom. The Hall–Kier alpha value is -1.68. The van der Waals surface area contributed by atoms with Crippen LogP contribution in [0.2, 0.25) is 0 Å². The summed E-state index contributed by atoms with van der Waals surface area (Å²) < 4.78 is 130. The van der Waals surface area contributed by atoms with Crippen molar-refractivity contribution < 1.29 is 73.8 Å². The Labute approximate surface area is 196 Å². The molecule has 0 atom stereocenters. The second-order valence-corrected chi connectivity index (χ2v) is 6.03. The van der Waals surface area contributed by atoms with Crippen molar-refractivity contribution in [3.05, 3.63) is 70.3 Å². The number of rotatable bonds is 0. The topological polar surface area (TPSA) is 18.5 Å². The van der Waals surface area contributed by atoms with Gasteiger partial charge in [0.1, 0.15) is 0 Å². The van der Waals surface area contributed by atoms with Gasteiger partial charge in [-0.15, -0.1) is 12.1 Å². The molecular weight excluding hydrogens is 569 g/mol. The van der Waals surface area contributed by atoms with Crippen LogP contribution in [0.25, 0.3) is 0 Å². The predicted octanol–water partition coefficient (Wildman–Crippen LogP) is 5.96. The van der Waals surface area contributed by atoms with Crippen molar-refractivity contribution in [3.63, 3.8) is 0 Å². The fourth-order valence-electron chi connectivity index (χ4n) is 2.01. The molecule has 4 rings (SSSR count). The van der Waals surface area contributed by atoms with E-state index in [4.69, 9.17) is 9.47 Å². The summed E-state index contributed by atoms with van der Waals surface area (Å²) in [5, 5.41) is 0. The standard InChI is InChI=1S/2C6F5.2C4H8O.Pd/c2*7-2-1-3(8)5(10)6(11)4(2)9;2*1-2-4-5-3-1;/h;;2*1-4H2;/q2*-1;;;+2. The van der Waals surface area contributed by atoms with Crippen molar-refractivity contribution in [2.45, 2.75) is 25.7 Å². The smallest absolute Gasteiger partial charge is 0.381 e. The largest absolute Gasteiger partial charge is 2.00 e. The zero-order valence-corrected chi connectivity index (χ0v) is 18.1. The van der Waals surface area contributed by atoms with E-state index in [0.29, 0.717) is 0 Å². The third-order valence-corrected chi connectivity index (χ3v) is 3.64. The van der Waals surface area contributed by atoms with Crippen molar-refractivity contribution in [3.8, 4) is 0 Å². The quantitative estimate of drug-likeness (QED) is 0.125. The first-order chi connectivity index (χ1) is 15.1. The van der Waals surface area contributed by atoms with Crippen LogP contribution in [0.4, 0.5) is 43.9 Å². The molecule has 2 heterocycles. The zero-order chi connectivity index (χ0) is 24.3. The van der Waals surface area contributed by atoms with E-state index in [0.717, 1.165) is 38.6 Å². The van der Waals surface area contributed by atoms with Crippen LogP contribution in [0.1, 0.15) is 25.7 Å². The van der Waals surface area contributed by atoms with Gasteiger partial charge in [-0.25, -0.2) is 26.3 Å². The molecule has 2 saturated heterocycles. The third-order valence-electron chi connectivity index (χ3n) is 3.64. The van der Waals surface area contributed by atoms with Crippen LogP contribution in [-0.4, -0.2) is 26.4 Å². The average molecular weight is 585 g/mol. The Morgan fingerprint density at radius 3 is 0.758 bits per heavy atom. The maximum absolute atomic E-state index is 12.0. The SMILES string of the molecule is C1CCOC1.C1CCOC1.Fc1[c-]c(F)c(F)c(F)c1F.Fc1[c-]c(F)c(F)c(F)c1F.[Pd+2]. The Balaban J connectivity index is 0.000000434. The van der Waals surface area contributed by atoms with E-state index in [9.17, 15) is 43.9 Å². The van der Waals surface area contributed by atoms with E-state index in [1.54, 1.807) is 0 Å². The van der Waals surface area contributed by atoms with E-state index >= 15 is 0 Å². The number of hydrogen-bond donors (Lipinski definition) is 0. The molecule has 0 unspecified atom stereocenters. The van der Waals surface area contributed by atoms with Crippen LogP contribution in [-0.2, 0) is 29.9 Å². The summed E-state index contributed by atoms with van der Waals surface area (Å²) >= 11 is 0. The number of hydrogen-bond acceptors (Lipinski definition) is 2. The van der Waals surface area contributed by atoms with Gasteiger partial charge >= 0.3 is 20.4 Å². The molecule has 2 aliphatic heterocycles. The summed E-state index contributed by atoms with van der Waals surface area (Å²) in [5.74, 6) is -20.1. The van der Waals surface area contributed by atoms with Crippen LogP contribution >= 0.6 is 0 Å². The van der Waals surface area contributed by atoms with Crippen molar-refractivity contribution in [2.75, 3.05) is 26.4 Å². The molecule has 2 aromatic carbocycles. The molecule has 0 amide bonds. The number of benzene rings is 2. The summed E-state index contributed by atoms with van der Waals surface area (Å²) in [5.41, 5.74) is 0. The van der Waals surface area contributed by atoms with E-state index in [-0.39, 0.29) is 20.4 Å². The van der Waals surface area contributed by atoms with E-state index in [2.05, 4.69) is 0 Å². The molecule has 0 bridgehead atoms.